The number of halogens is 1. The van der Waals surface area contributed by atoms with Crippen molar-refractivity contribution in [2.75, 3.05) is 0 Å². The van der Waals surface area contributed by atoms with E-state index in [-0.39, 0.29) is 0 Å². The fourth-order valence-corrected chi connectivity index (χ4v) is 0.395. The molecule has 0 bridgehead atoms. The van der Waals surface area contributed by atoms with Gasteiger partial charge in [0.1, 0.15) is 5.75 Å². The second-order valence-electron chi connectivity index (χ2n) is 1.35. The van der Waals surface area contributed by atoms with Gasteiger partial charge in [0.15, 0.2) is 0 Å². The molecular formula is C6H6FNO. The highest BCUT2D eigenvalue weighted by atomic mass is 19.1. The van der Waals surface area contributed by atoms with Crippen LogP contribution in [-0.4, -0.2) is 10.1 Å². The van der Waals surface area contributed by atoms with Gasteiger partial charge in [0.2, 0.25) is 5.95 Å². The number of hydrogen-bond acceptors (Lipinski definition) is 2. The molecule has 0 aromatic carbocycles. The molecule has 3 heteroatoms. The van der Waals surface area contributed by atoms with Gasteiger partial charge < -0.3 is 5.11 Å². The predicted molar refractivity (Wildman–Crippen MR) is 30.6 cm³/mol. The largest absolute Gasteiger partial charge is 0.508 e. The molecule has 1 N–H and O–H groups in total. The molecule has 48 valence electrons. The van der Waals surface area contributed by atoms with Crippen LogP contribution >= 0.6 is 0 Å². The van der Waals surface area contributed by atoms with Crippen LogP contribution in [0.25, 0.3) is 0 Å². The molecule has 0 aliphatic rings. The lowest BCUT2D eigenvalue weighted by atomic mass is 10.4. The molecule has 1 rings (SSSR count). The van der Waals surface area contributed by atoms with Gasteiger partial charge in [0.05, 0.1) is 2.74 Å². The fraction of sp³-hybridized carbons (Fsp3) is 0.167. The Morgan fingerprint density at radius 1 is 1.89 bits per heavy atom. The summed E-state index contributed by atoms with van der Waals surface area (Å²) in [5.74, 6) is -2.41. The molecule has 0 aliphatic carbocycles. The molecule has 0 saturated heterocycles. The standard InChI is InChI=1S/C6H6FNO/c1-4-2-5(9)3-6(7)8-4/h2-3H,1H3,(H,8,9)/i1D3,2D,3D. The summed E-state index contributed by atoms with van der Waals surface area (Å²) >= 11 is 0. The first-order valence-corrected chi connectivity index (χ1v) is 2.11. The molecule has 2 nitrogen and oxygen atoms in total. The third-order valence-electron chi connectivity index (χ3n) is 0.668. The van der Waals surface area contributed by atoms with E-state index in [4.69, 9.17) is 12.0 Å². The number of aryl methyl sites for hydroxylation is 1. The zero-order valence-electron chi connectivity index (χ0n) is 9.27. The second-order valence-corrected chi connectivity index (χ2v) is 1.35. The Kier molecular flexibility index (Phi) is 0.502. The average molecular weight is 132 g/mol. The van der Waals surface area contributed by atoms with E-state index in [1.165, 1.54) is 0 Å². The van der Waals surface area contributed by atoms with E-state index in [1.54, 1.807) is 0 Å². The second kappa shape index (κ2) is 2.01. The van der Waals surface area contributed by atoms with Crippen molar-refractivity contribution in [1.29, 1.82) is 0 Å². The molecular weight excluding hydrogens is 121 g/mol. The van der Waals surface area contributed by atoms with Gasteiger partial charge in [0.25, 0.3) is 0 Å². The quantitative estimate of drug-likeness (QED) is 0.538. The number of rotatable bonds is 0. The number of aromatic nitrogens is 1. The van der Waals surface area contributed by atoms with Crippen LogP contribution in [0.2, 0.25) is 0 Å². The number of pyridine rings is 1. The lowest BCUT2D eigenvalue weighted by molar-refractivity contribution is 0.463. The van der Waals surface area contributed by atoms with Crippen molar-refractivity contribution in [2.45, 2.75) is 6.85 Å². The maximum absolute atomic E-state index is 12.8. The number of hydrogen-bond donors (Lipinski definition) is 1. The highest BCUT2D eigenvalue weighted by molar-refractivity contribution is 5.20. The normalized spacial score (nSPS) is 19.0. The molecule has 9 heavy (non-hydrogen) atoms. The smallest absolute Gasteiger partial charge is 0.216 e. The van der Waals surface area contributed by atoms with Gasteiger partial charge in [-0.25, -0.2) is 4.98 Å². The first-order valence-electron chi connectivity index (χ1n) is 4.61. The summed E-state index contributed by atoms with van der Waals surface area (Å²) in [6.07, 6.45) is 0. The highest BCUT2D eigenvalue weighted by Gasteiger charge is 1.94. The summed E-state index contributed by atoms with van der Waals surface area (Å²) in [6, 6.07) is -1.81. The minimum absolute atomic E-state index is 0.837. The van der Waals surface area contributed by atoms with Crippen LogP contribution in [-0.2, 0) is 0 Å². The first kappa shape index (κ1) is 2.25. The van der Waals surface area contributed by atoms with Crippen molar-refractivity contribution < 1.29 is 16.4 Å². The SMILES string of the molecule is [2H]c1c(F)nc(C([2H])([2H])[2H])c([2H])c1O. The van der Waals surface area contributed by atoms with Crippen LogP contribution in [0.5, 0.6) is 5.75 Å². The summed E-state index contributed by atoms with van der Waals surface area (Å²) in [4.78, 5) is 2.94. The fourth-order valence-electron chi connectivity index (χ4n) is 0.395. The maximum atomic E-state index is 12.8. The Bertz CT molecular complexity index is 377. The van der Waals surface area contributed by atoms with Crippen LogP contribution in [0.15, 0.2) is 12.1 Å². The Hall–Kier alpha value is -1.12. The minimum atomic E-state index is -2.77. The van der Waals surface area contributed by atoms with Gasteiger partial charge in [-0.15, -0.1) is 0 Å². The monoisotopic (exact) mass is 132 g/mol. The molecule has 0 fully saturated rings. The summed E-state index contributed by atoms with van der Waals surface area (Å²) in [6.45, 7) is -2.77. The van der Waals surface area contributed by atoms with E-state index in [0.717, 1.165) is 0 Å². The molecule has 0 saturated carbocycles. The van der Waals surface area contributed by atoms with Crippen LogP contribution in [0.3, 0.4) is 0 Å². The molecule has 1 aromatic rings. The Morgan fingerprint density at radius 2 is 2.67 bits per heavy atom. The summed E-state index contributed by atoms with van der Waals surface area (Å²) in [5, 5.41) is 9.03. The number of nitrogens with zero attached hydrogens (tertiary/aromatic N) is 1. The van der Waals surface area contributed by atoms with E-state index in [9.17, 15) is 4.39 Å². The molecule has 0 spiro atoms. The molecule has 0 unspecified atom stereocenters. The predicted octanol–water partition coefficient (Wildman–Crippen LogP) is 1.23. The van der Waals surface area contributed by atoms with Crippen molar-refractivity contribution in [3.63, 3.8) is 0 Å². The molecule has 0 radical (unpaired) electrons. The highest BCUT2D eigenvalue weighted by Crippen LogP contribution is 2.09. The Labute approximate surface area is 59.0 Å². The van der Waals surface area contributed by atoms with Gasteiger partial charge in [-0.2, -0.15) is 4.39 Å². The van der Waals surface area contributed by atoms with Crippen LogP contribution in [0, 0.1) is 12.8 Å². The van der Waals surface area contributed by atoms with Gasteiger partial charge >= 0.3 is 0 Å². The van der Waals surface area contributed by atoms with E-state index < -0.39 is 36.3 Å². The zero-order valence-corrected chi connectivity index (χ0v) is 4.27. The van der Waals surface area contributed by atoms with Gasteiger partial charge in [-0.05, 0) is 6.85 Å². The molecule has 1 aromatic heterocycles. The van der Waals surface area contributed by atoms with Gasteiger partial charge in [0, 0.05) is 21.9 Å². The molecule has 0 aliphatic heterocycles. The summed E-state index contributed by atoms with van der Waals surface area (Å²) < 4.78 is 47.5. The molecule has 0 atom stereocenters. The summed E-state index contributed by atoms with van der Waals surface area (Å²) in [7, 11) is 0. The molecule has 0 amide bonds. The molecule has 1 heterocycles. The van der Waals surface area contributed by atoms with Crippen molar-refractivity contribution in [2.24, 2.45) is 0 Å². The zero-order chi connectivity index (χ0) is 11.1. The Morgan fingerprint density at radius 3 is 3.33 bits per heavy atom. The van der Waals surface area contributed by atoms with Crippen molar-refractivity contribution >= 4 is 0 Å². The van der Waals surface area contributed by atoms with Crippen molar-refractivity contribution in [3.05, 3.63) is 23.7 Å². The van der Waals surface area contributed by atoms with E-state index in [0.29, 0.717) is 0 Å². The third kappa shape index (κ3) is 1.38. The lowest BCUT2D eigenvalue weighted by Gasteiger charge is -1.92. The van der Waals surface area contributed by atoms with Gasteiger partial charge in [-0.3, -0.25) is 0 Å². The van der Waals surface area contributed by atoms with Crippen molar-refractivity contribution in [3.8, 4) is 5.75 Å². The van der Waals surface area contributed by atoms with E-state index >= 15 is 0 Å². The first-order chi connectivity index (χ1) is 6.25. The van der Waals surface area contributed by atoms with Crippen LogP contribution in [0.1, 0.15) is 12.5 Å². The summed E-state index contributed by atoms with van der Waals surface area (Å²) in [5.41, 5.74) is -0.844. The average Bonchev–Trinajstić information content (AvgIpc) is 2.06. The number of aromatic hydroxyl groups is 1. The van der Waals surface area contributed by atoms with E-state index in [1.807, 2.05) is 0 Å². The van der Waals surface area contributed by atoms with Crippen LogP contribution < -0.4 is 0 Å². The lowest BCUT2D eigenvalue weighted by Crippen LogP contribution is -1.84. The van der Waals surface area contributed by atoms with E-state index in [2.05, 4.69) is 4.98 Å². The Balaban J connectivity index is 3.49. The third-order valence-corrected chi connectivity index (χ3v) is 0.668. The van der Waals surface area contributed by atoms with Crippen molar-refractivity contribution in [1.82, 2.24) is 4.98 Å². The minimum Gasteiger partial charge on any atom is -0.508 e. The van der Waals surface area contributed by atoms with Crippen LogP contribution in [0.4, 0.5) is 4.39 Å². The topological polar surface area (TPSA) is 33.1 Å². The maximum Gasteiger partial charge on any atom is 0.216 e. The van der Waals surface area contributed by atoms with Gasteiger partial charge in [-0.1, -0.05) is 0 Å².